The number of Topliss-reactive ketones (excluding diaryl/α,β-unsaturated/α-hetero) is 1. The summed E-state index contributed by atoms with van der Waals surface area (Å²) in [5.74, 6) is -1.18. The SMILES string of the molecule is C[C@@H]([C@@H](CCCc1ccccc1)C(=O)C[C@@H](C(=O)N(C)C)C(C)(C)C)N(O)C=O. The van der Waals surface area contributed by atoms with Crippen LogP contribution in [-0.4, -0.2) is 53.4 Å². The third kappa shape index (κ3) is 7.61. The molecular weight excluding hydrogens is 368 g/mol. The standard InChI is InChI=1S/C23H36N2O4/c1-17(25(29)16-26)19(14-10-13-18-11-8-7-9-12-18)21(27)15-20(23(2,3)4)22(28)24(5)6/h7-9,11-12,16-17,19-20,29H,10,13-15H2,1-6H3/t17-,19+,20-/m0/s1. The molecule has 0 spiro atoms. The van der Waals surface area contributed by atoms with Crippen LogP contribution >= 0.6 is 0 Å². The molecule has 1 rings (SSSR count). The van der Waals surface area contributed by atoms with E-state index in [1.165, 1.54) is 10.5 Å². The van der Waals surface area contributed by atoms with Crippen molar-refractivity contribution >= 4 is 18.1 Å². The van der Waals surface area contributed by atoms with Gasteiger partial charge in [-0.15, -0.1) is 0 Å². The van der Waals surface area contributed by atoms with Crippen molar-refractivity contribution in [2.45, 2.75) is 59.4 Å². The first kappa shape index (κ1) is 24.8. The lowest BCUT2D eigenvalue weighted by Crippen LogP contribution is -2.43. The van der Waals surface area contributed by atoms with Crippen LogP contribution in [0, 0.1) is 17.3 Å². The summed E-state index contributed by atoms with van der Waals surface area (Å²) in [4.78, 5) is 38.4. The second-order valence-electron chi connectivity index (χ2n) is 9.03. The number of aryl methyl sites for hydroxylation is 1. The number of nitrogens with zero attached hydrogens (tertiary/aromatic N) is 2. The van der Waals surface area contributed by atoms with Crippen LogP contribution in [0.15, 0.2) is 30.3 Å². The minimum absolute atomic E-state index is 0.0854. The van der Waals surface area contributed by atoms with Crippen LogP contribution < -0.4 is 0 Å². The maximum Gasteiger partial charge on any atom is 0.233 e. The maximum absolute atomic E-state index is 13.2. The van der Waals surface area contributed by atoms with Gasteiger partial charge in [-0.2, -0.15) is 0 Å². The van der Waals surface area contributed by atoms with Crippen LogP contribution in [0.25, 0.3) is 0 Å². The fraction of sp³-hybridized carbons (Fsp3) is 0.609. The third-order valence-electron chi connectivity index (χ3n) is 5.53. The number of benzene rings is 1. The zero-order chi connectivity index (χ0) is 22.2. The number of carbonyl (C=O) groups excluding carboxylic acids is 3. The van der Waals surface area contributed by atoms with E-state index in [2.05, 4.69) is 0 Å². The van der Waals surface area contributed by atoms with Crippen LogP contribution in [0.3, 0.4) is 0 Å². The Kier molecular flexibility index (Phi) is 9.50. The van der Waals surface area contributed by atoms with Gasteiger partial charge in [0.2, 0.25) is 12.3 Å². The molecule has 0 saturated carbocycles. The summed E-state index contributed by atoms with van der Waals surface area (Å²) >= 11 is 0. The second-order valence-corrected chi connectivity index (χ2v) is 9.03. The third-order valence-corrected chi connectivity index (χ3v) is 5.53. The van der Waals surface area contributed by atoms with Crippen molar-refractivity contribution in [2.24, 2.45) is 17.3 Å². The van der Waals surface area contributed by atoms with Crippen molar-refractivity contribution in [3.8, 4) is 0 Å². The van der Waals surface area contributed by atoms with Crippen molar-refractivity contribution in [2.75, 3.05) is 14.1 Å². The molecule has 162 valence electrons. The van der Waals surface area contributed by atoms with E-state index in [9.17, 15) is 19.6 Å². The van der Waals surface area contributed by atoms with Crippen molar-refractivity contribution < 1.29 is 19.6 Å². The Hall–Kier alpha value is -2.21. The molecule has 0 aliphatic heterocycles. The van der Waals surface area contributed by atoms with Gasteiger partial charge in [0.15, 0.2) is 0 Å². The summed E-state index contributed by atoms with van der Waals surface area (Å²) in [6.45, 7) is 7.51. The maximum atomic E-state index is 13.2. The molecule has 0 aliphatic carbocycles. The number of amides is 2. The highest BCUT2D eigenvalue weighted by atomic mass is 16.5. The molecule has 0 fully saturated rings. The molecule has 1 aromatic carbocycles. The zero-order valence-electron chi connectivity index (χ0n) is 18.6. The molecule has 3 atom stereocenters. The first-order valence-electron chi connectivity index (χ1n) is 10.2. The van der Waals surface area contributed by atoms with Crippen molar-refractivity contribution in [3.05, 3.63) is 35.9 Å². The van der Waals surface area contributed by atoms with Gasteiger partial charge in [-0.1, -0.05) is 51.1 Å². The van der Waals surface area contributed by atoms with Gasteiger partial charge in [-0.25, -0.2) is 5.06 Å². The lowest BCUT2D eigenvalue weighted by atomic mass is 9.74. The summed E-state index contributed by atoms with van der Waals surface area (Å²) < 4.78 is 0. The monoisotopic (exact) mass is 404 g/mol. The van der Waals surface area contributed by atoms with Gasteiger partial charge in [-0.05, 0) is 37.2 Å². The van der Waals surface area contributed by atoms with Crippen LogP contribution in [0.2, 0.25) is 0 Å². The average molecular weight is 405 g/mol. The van der Waals surface area contributed by atoms with E-state index < -0.39 is 17.9 Å². The topological polar surface area (TPSA) is 77.9 Å². The molecule has 0 bridgehead atoms. The molecule has 1 aromatic rings. The van der Waals surface area contributed by atoms with E-state index in [1.807, 2.05) is 51.1 Å². The number of ketones is 1. The molecule has 29 heavy (non-hydrogen) atoms. The van der Waals surface area contributed by atoms with Gasteiger partial charge >= 0.3 is 0 Å². The van der Waals surface area contributed by atoms with Gasteiger partial charge in [0.05, 0.1) is 6.04 Å². The number of hydroxylamine groups is 2. The molecular formula is C23H36N2O4. The molecule has 0 saturated heterocycles. The minimum Gasteiger partial charge on any atom is -0.349 e. The van der Waals surface area contributed by atoms with Crippen LogP contribution in [0.1, 0.15) is 52.5 Å². The normalized spacial score (nSPS) is 14.6. The molecule has 6 nitrogen and oxygen atoms in total. The lowest BCUT2D eigenvalue weighted by Gasteiger charge is -2.33. The summed E-state index contributed by atoms with van der Waals surface area (Å²) in [5.41, 5.74) is 0.802. The molecule has 0 unspecified atom stereocenters. The fourth-order valence-electron chi connectivity index (χ4n) is 3.55. The number of hydrogen-bond donors (Lipinski definition) is 1. The highest BCUT2D eigenvalue weighted by Gasteiger charge is 2.37. The van der Waals surface area contributed by atoms with Gasteiger partial charge in [0.1, 0.15) is 5.78 Å². The van der Waals surface area contributed by atoms with E-state index >= 15 is 0 Å². The van der Waals surface area contributed by atoms with E-state index in [0.717, 1.165) is 12.8 Å². The van der Waals surface area contributed by atoms with Crippen molar-refractivity contribution in [3.63, 3.8) is 0 Å². The van der Waals surface area contributed by atoms with Crippen LogP contribution in [-0.2, 0) is 20.8 Å². The Balaban J connectivity index is 2.95. The van der Waals surface area contributed by atoms with E-state index in [-0.39, 0.29) is 23.5 Å². The van der Waals surface area contributed by atoms with Crippen molar-refractivity contribution in [1.82, 2.24) is 9.96 Å². The second kappa shape index (κ2) is 11.1. The molecule has 6 heteroatoms. The van der Waals surface area contributed by atoms with Crippen LogP contribution in [0.5, 0.6) is 0 Å². The van der Waals surface area contributed by atoms with Gasteiger partial charge in [0.25, 0.3) is 0 Å². The fourth-order valence-corrected chi connectivity index (χ4v) is 3.55. The zero-order valence-corrected chi connectivity index (χ0v) is 18.6. The van der Waals surface area contributed by atoms with Gasteiger partial charge in [-0.3, -0.25) is 19.6 Å². The van der Waals surface area contributed by atoms with E-state index in [1.54, 1.807) is 21.0 Å². The summed E-state index contributed by atoms with van der Waals surface area (Å²) in [6, 6.07) is 9.34. The van der Waals surface area contributed by atoms with Gasteiger partial charge in [0, 0.05) is 32.4 Å². The molecule has 0 radical (unpaired) electrons. The predicted octanol–water partition coefficient (Wildman–Crippen LogP) is 3.57. The largest absolute Gasteiger partial charge is 0.349 e. The van der Waals surface area contributed by atoms with Crippen molar-refractivity contribution in [1.29, 1.82) is 0 Å². The Bertz CT molecular complexity index is 667. The highest BCUT2D eigenvalue weighted by Crippen LogP contribution is 2.32. The summed E-state index contributed by atoms with van der Waals surface area (Å²) in [6.07, 6.45) is 2.51. The highest BCUT2D eigenvalue weighted by molar-refractivity contribution is 5.88. The quantitative estimate of drug-likeness (QED) is 0.347. The summed E-state index contributed by atoms with van der Waals surface area (Å²) in [5, 5.41) is 10.5. The van der Waals surface area contributed by atoms with Crippen LogP contribution in [0.4, 0.5) is 0 Å². The first-order valence-corrected chi connectivity index (χ1v) is 10.2. The molecule has 1 N–H and O–H groups in total. The molecule has 0 aliphatic rings. The minimum atomic E-state index is -0.647. The first-order chi connectivity index (χ1) is 13.5. The molecule has 0 aromatic heterocycles. The summed E-state index contributed by atoms with van der Waals surface area (Å²) in [7, 11) is 3.38. The Labute approximate surface area is 174 Å². The van der Waals surface area contributed by atoms with E-state index in [0.29, 0.717) is 17.9 Å². The average Bonchev–Trinajstić information content (AvgIpc) is 2.67. The van der Waals surface area contributed by atoms with Gasteiger partial charge < -0.3 is 4.90 Å². The lowest BCUT2D eigenvalue weighted by molar-refractivity contribution is -0.166. The Morgan fingerprint density at radius 2 is 1.72 bits per heavy atom. The Morgan fingerprint density at radius 1 is 1.14 bits per heavy atom. The smallest absolute Gasteiger partial charge is 0.233 e. The molecule has 2 amide bonds. The Morgan fingerprint density at radius 3 is 2.21 bits per heavy atom. The number of hydrogen-bond acceptors (Lipinski definition) is 4. The number of rotatable bonds is 11. The van der Waals surface area contributed by atoms with E-state index in [4.69, 9.17) is 0 Å². The predicted molar refractivity (Wildman–Crippen MR) is 113 cm³/mol. The number of carbonyl (C=O) groups is 3. The molecule has 0 heterocycles.